The van der Waals surface area contributed by atoms with E-state index in [1.807, 2.05) is 0 Å². The lowest BCUT2D eigenvalue weighted by Crippen LogP contribution is -2.12. The average molecular weight is 527 g/mol. The molecule has 196 valence electrons. The van der Waals surface area contributed by atoms with Crippen molar-refractivity contribution in [1.82, 2.24) is 0 Å². The first-order valence-corrected chi connectivity index (χ1v) is 14.0. The second-order valence-electron chi connectivity index (χ2n) is 10.4. The van der Waals surface area contributed by atoms with E-state index < -0.39 is 0 Å². The molecule has 7 aromatic rings. The molecule has 0 atom stereocenters. The van der Waals surface area contributed by atoms with Gasteiger partial charge in [0, 0.05) is 33.8 Å². The van der Waals surface area contributed by atoms with Crippen LogP contribution in [0, 0.1) is 6.92 Å². The van der Waals surface area contributed by atoms with Gasteiger partial charge in [0.2, 0.25) is 0 Å². The van der Waals surface area contributed by atoms with Crippen LogP contribution >= 0.6 is 0 Å². The Morgan fingerprint density at radius 1 is 0.341 bits per heavy atom. The molecule has 0 saturated carbocycles. The van der Waals surface area contributed by atoms with Gasteiger partial charge >= 0.3 is 0 Å². The van der Waals surface area contributed by atoms with Crippen LogP contribution in [-0.2, 0) is 0 Å². The van der Waals surface area contributed by atoms with Crippen LogP contribution < -0.4 is 9.80 Å². The summed E-state index contributed by atoms with van der Waals surface area (Å²) in [4.78, 5) is 4.68. The standard InChI is InChI=1S/C39H30N2/c1-29-18-21-34(22-19-29)40(37-23-20-30-10-5-6-12-32(30)28-37)35-24-26-36(27-25-35)41(33-14-3-2-4-15-33)39-17-9-13-31-11-7-8-16-38(31)39/h2-28H,1H3. The van der Waals surface area contributed by atoms with E-state index in [1.54, 1.807) is 0 Å². The normalized spacial score (nSPS) is 11.0. The summed E-state index contributed by atoms with van der Waals surface area (Å²) in [5.41, 5.74) is 8.02. The van der Waals surface area contributed by atoms with Crippen molar-refractivity contribution >= 4 is 55.7 Å². The van der Waals surface area contributed by atoms with Gasteiger partial charge in [-0.25, -0.2) is 0 Å². The Hall–Kier alpha value is -5.34. The lowest BCUT2D eigenvalue weighted by Gasteiger charge is -2.29. The molecule has 0 bridgehead atoms. The van der Waals surface area contributed by atoms with Crippen LogP contribution in [0.2, 0.25) is 0 Å². The second kappa shape index (κ2) is 10.7. The lowest BCUT2D eigenvalue weighted by molar-refractivity contribution is 1.26. The van der Waals surface area contributed by atoms with Gasteiger partial charge < -0.3 is 9.80 Å². The van der Waals surface area contributed by atoms with Crippen LogP contribution in [0.15, 0.2) is 164 Å². The number of hydrogen-bond donors (Lipinski definition) is 0. The minimum absolute atomic E-state index is 1.11. The molecule has 0 heterocycles. The maximum atomic E-state index is 2.35. The molecule has 2 heteroatoms. The van der Waals surface area contributed by atoms with Gasteiger partial charge in [-0.2, -0.15) is 0 Å². The molecule has 0 aliphatic heterocycles. The number of fused-ring (bicyclic) bond motifs is 2. The number of anilines is 6. The monoisotopic (exact) mass is 526 g/mol. The minimum Gasteiger partial charge on any atom is -0.310 e. The van der Waals surface area contributed by atoms with E-state index in [0.29, 0.717) is 0 Å². The van der Waals surface area contributed by atoms with E-state index in [-0.39, 0.29) is 0 Å². The molecule has 0 saturated heterocycles. The van der Waals surface area contributed by atoms with Crippen molar-refractivity contribution in [3.63, 3.8) is 0 Å². The zero-order chi connectivity index (χ0) is 27.6. The van der Waals surface area contributed by atoms with Crippen LogP contribution in [0.25, 0.3) is 21.5 Å². The quantitative estimate of drug-likeness (QED) is 0.213. The van der Waals surface area contributed by atoms with E-state index in [4.69, 9.17) is 0 Å². The Labute approximate surface area is 241 Å². The fourth-order valence-electron chi connectivity index (χ4n) is 5.62. The molecule has 0 N–H and O–H groups in total. The van der Waals surface area contributed by atoms with Gasteiger partial charge in [-0.05, 0) is 89.8 Å². The number of hydrogen-bond acceptors (Lipinski definition) is 2. The number of benzene rings is 7. The summed E-state index contributed by atoms with van der Waals surface area (Å²) < 4.78 is 0. The Morgan fingerprint density at radius 2 is 0.854 bits per heavy atom. The number of para-hydroxylation sites is 1. The predicted octanol–water partition coefficient (Wildman–Crippen LogP) is 11.2. The lowest BCUT2D eigenvalue weighted by atomic mass is 10.1. The Bertz CT molecular complexity index is 1940. The molecular weight excluding hydrogens is 496 g/mol. The molecule has 0 spiro atoms. The van der Waals surface area contributed by atoms with E-state index in [1.165, 1.54) is 27.1 Å². The summed E-state index contributed by atoms with van der Waals surface area (Å²) >= 11 is 0. The first kappa shape index (κ1) is 24.7. The zero-order valence-electron chi connectivity index (χ0n) is 23.0. The van der Waals surface area contributed by atoms with Gasteiger partial charge in [-0.3, -0.25) is 0 Å². The fourth-order valence-corrected chi connectivity index (χ4v) is 5.62. The van der Waals surface area contributed by atoms with E-state index in [2.05, 4.69) is 181 Å². The van der Waals surface area contributed by atoms with Crippen LogP contribution in [0.3, 0.4) is 0 Å². The van der Waals surface area contributed by atoms with Gasteiger partial charge in [-0.15, -0.1) is 0 Å². The number of nitrogens with zero attached hydrogens (tertiary/aromatic N) is 2. The molecule has 0 amide bonds. The van der Waals surface area contributed by atoms with Gasteiger partial charge in [0.15, 0.2) is 0 Å². The predicted molar refractivity (Wildman–Crippen MR) is 176 cm³/mol. The Morgan fingerprint density at radius 3 is 1.59 bits per heavy atom. The van der Waals surface area contributed by atoms with Gasteiger partial charge in [0.05, 0.1) is 5.69 Å². The highest BCUT2D eigenvalue weighted by Gasteiger charge is 2.17. The molecule has 7 rings (SSSR count). The average Bonchev–Trinajstić information content (AvgIpc) is 3.03. The summed E-state index contributed by atoms with van der Waals surface area (Å²) in [6, 6.07) is 58.6. The van der Waals surface area contributed by atoms with Crippen molar-refractivity contribution in [2.24, 2.45) is 0 Å². The third-order valence-corrected chi connectivity index (χ3v) is 7.67. The second-order valence-corrected chi connectivity index (χ2v) is 10.4. The van der Waals surface area contributed by atoms with Crippen LogP contribution in [0.1, 0.15) is 5.56 Å². The summed E-state index contributed by atoms with van der Waals surface area (Å²) in [6.07, 6.45) is 0. The first-order chi connectivity index (χ1) is 20.2. The largest absolute Gasteiger partial charge is 0.310 e. The summed E-state index contributed by atoms with van der Waals surface area (Å²) in [5, 5.41) is 4.92. The molecule has 0 fully saturated rings. The third kappa shape index (κ3) is 4.81. The van der Waals surface area contributed by atoms with Gasteiger partial charge in [-0.1, -0.05) is 103 Å². The SMILES string of the molecule is Cc1ccc(N(c2ccc(N(c3ccccc3)c3cccc4ccccc34)cc2)c2ccc3ccccc3c2)cc1. The van der Waals surface area contributed by atoms with E-state index >= 15 is 0 Å². The first-order valence-electron chi connectivity index (χ1n) is 14.0. The molecule has 0 aliphatic rings. The summed E-state index contributed by atoms with van der Waals surface area (Å²) in [6.45, 7) is 2.13. The van der Waals surface area contributed by atoms with Crippen molar-refractivity contribution in [2.45, 2.75) is 6.92 Å². The van der Waals surface area contributed by atoms with Crippen LogP contribution in [0.5, 0.6) is 0 Å². The molecule has 2 nitrogen and oxygen atoms in total. The van der Waals surface area contributed by atoms with Crippen molar-refractivity contribution in [1.29, 1.82) is 0 Å². The highest BCUT2D eigenvalue weighted by molar-refractivity contribution is 5.99. The van der Waals surface area contributed by atoms with Crippen molar-refractivity contribution in [3.8, 4) is 0 Å². The maximum absolute atomic E-state index is 2.35. The van der Waals surface area contributed by atoms with E-state index in [9.17, 15) is 0 Å². The van der Waals surface area contributed by atoms with Gasteiger partial charge in [0.25, 0.3) is 0 Å². The molecule has 0 radical (unpaired) electrons. The highest BCUT2D eigenvalue weighted by atomic mass is 15.2. The summed E-state index contributed by atoms with van der Waals surface area (Å²) in [5.74, 6) is 0. The third-order valence-electron chi connectivity index (χ3n) is 7.67. The van der Waals surface area contributed by atoms with Crippen molar-refractivity contribution in [3.05, 3.63) is 169 Å². The van der Waals surface area contributed by atoms with Crippen LogP contribution in [-0.4, -0.2) is 0 Å². The Balaban J connectivity index is 1.36. The van der Waals surface area contributed by atoms with Crippen LogP contribution in [0.4, 0.5) is 34.1 Å². The molecule has 0 aliphatic carbocycles. The molecular formula is C39H30N2. The van der Waals surface area contributed by atoms with E-state index in [0.717, 1.165) is 34.1 Å². The van der Waals surface area contributed by atoms with Crippen molar-refractivity contribution < 1.29 is 0 Å². The van der Waals surface area contributed by atoms with Gasteiger partial charge in [0.1, 0.15) is 0 Å². The number of aryl methyl sites for hydroxylation is 1. The molecule has 0 unspecified atom stereocenters. The maximum Gasteiger partial charge on any atom is 0.0540 e. The minimum atomic E-state index is 1.11. The topological polar surface area (TPSA) is 6.48 Å². The smallest absolute Gasteiger partial charge is 0.0540 e. The molecule has 7 aromatic carbocycles. The highest BCUT2D eigenvalue weighted by Crippen LogP contribution is 2.41. The fraction of sp³-hybridized carbons (Fsp3) is 0.0256. The molecule has 41 heavy (non-hydrogen) atoms. The zero-order valence-corrected chi connectivity index (χ0v) is 23.0. The van der Waals surface area contributed by atoms with Crippen molar-refractivity contribution in [2.75, 3.05) is 9.80 Å². The number of rotatable bonds is 6. The Kier molecular flexibility index (Phi) is 6.42. The molecule has 0 aromatic heterocycles. The summed E-state index contributed by atoms with van der Waals surface area (Å²) in [7, 11) is 0.